The standard InChI is InChI=1S/C17H17F2N3O2S/c1-3-6-25-17-21-16(24)14-11(8-13(23)20-15(14)22(17)2)10-7-9(18)4-5-12(10)19/h4-5,7,11H,3,6,8H2,1-2H3,(H,20,23). The topological polar surface area (TPSA) is 64.0 Å². The monoisotopic (exact) mass is 365 g/mol. The first-order valence-corrected chi connectivity index (χ1v) is 8.89. The van der Waals surface area contributed by atoms with Gasteiger partial charge in [0.25, 0.3) is 5.56 Å². The van der Waals surface area contributed by atoms with Crippen LogP contribution in [0.5, 0.6) is 0 Å². The van der Waals surface area contributed by atoms with Crippen molar-refractivity contribution in [2.45, 2.75) is 30.8 Å². The fraction of sp³-hybridized carbons (Fsp3) is 0.353. The van der Waals surface area contributed by atoms with Crippen molar-refractivity contribution in [1.82, 2.24) is 9.55 Å². The minimum absolute atomic E-state index is 0.0102. The third kappa shape index (κ3) is 3.30. The molecule has 8 heteroatoms. The molecule has 1 aromatic carbocycles. The summed E-state index contributed by atoms with van der Waals surface area (Å²) in [7, 11) is 1.69. The van der Waals surface area contributed by atoms with Crippen molar-refractivity contribution < 1.29 is 13.6 Å². The summed E-state index contributed by atoms with van der Waals surface area (Å²) in [4.78, 5) is 28.8. The predicted octanol–water partition coefficient (Wildman–Crippen LogP) is 3.03. The van der Waals surface area contributed by atoms with Crippen LogP contribution in [0, 0.1) is 11.6 Å². The number of benzene rings is 1. The number of thioether (sulfide) groups is 1. The molecule has 25 heavy (non-hydrogen) atoms. The molecule has 1 aliphatic heterocycles. The van der Waals surface area contributed by atoms with Crippen molar-refractivity contribution in [2.24, 2.45) is 7.05 Å². The number of carbonyl (C=O) groups is 1. The van der Waals surface area contributed by atoms with E-state index in [1.54, 1.807) is 11.6 Å². The first-order valence-electron chi connectivity index (χ1n) is 7.90. The summed E-state index contributed by atoms with van der Waals surface area (Å²) in [5, 5.41) is 3.15. The van der Waals surface area contributed by atoms with Crippen molar-refractivity contribution in [2.75, 3.05) is 11.1 Å². The number of hydrogen-bond donors (Lipinski definition) is 1. The molecule has 0 spiro atoms. The zero-order valence-electron chi connectivity index (χ0n) is 13.8. The summed E-state index contributed by atoms with van der Waals surface area (Å²) in [5.74, 6) is -1.43. The molecule has 132 valence electrons. The van der Waals surface area contributed by atoms with Gasteiger partial charge in [0.05, 0.1) is 5.56 Å². The lowest BCUT2D eigenvalue weighted by Gasteiger charge is -2.27. The first-order chi connectivity index (χ1) is 11.9. The number of hydrogen-bond acceptors (Lipinski definition) is 4. The van der Waals surface area contributed by atoms with Gasteiger partial charge in [-0.3, -0.25) is 9.59 Å². The molecule has 1 aromatic heterocycles. The van der Waals surface area contributed by atoms with Crippen LogP contribution in [0.1, 0.15) is 36.8 Å². The van der Waals surface area contributed by atoms with Crippen molar-refractivity contribution >= 4 is 23.5 Å². The van der Waals surface area contributed by atoms with Crippen molar-refractivity contribution in [3.8, 4) is 0 Å². The molecule has 0 saturated carbocycles. The highest BCUT2D eigenvalue weighted by Crippen LogP contribution is 2.37. The van der Waals surface area contributed by atoms with Crippen LogP contribution in [0.4, 0.5) is 14.6 Å². The van der Waals surface area contributed by atoms with Gasteiger partial charge in [-0.25, -0.2) is 8.78 Å². The predicted molar refractivity (Wildman–Crippen MR) is 91.9 cm³/mol. The third-order valence-electron chi connectivity index (χ3n) is 4.07. The summed E-state index contributed by atoms with van der Waals surface area (Å²) >= 11 is 1.40. The maximum Gasteiger partial charge on any atom is 0.279 e. The number of anilines is 1. The molecule has 0 saturated heterocycles. The second-order valence-electron chi connectivity index (χ2n) is 5.84. The lowest BCUT2D eigenvalue weighted by molar-refractivity contribution is -0.116. The minimum Gasteiger partial charge on any atom is -0.312 e. The molecule has 1 amide bonds. The number of aromatic nitrogens is 2. The number of fused-ring (bicyclic) bond motifs is 1. The zero-order valence-corrected chi connectivity index (χ0v) is 14.6. The maximum atomic E-state index is 14.2. The molecule has 0 bridgehead atoms. The fourth-order valence-corrected chi connectivity index (χ4v) is 3.72. The van der Waals surface area contributed by atoms with Crippen LogP contribution in [0.3, 0.4) is 0 Å². The van der Waals surface area contributed by atoms with Gasteiger partial charge < -0.3 is 9.88 Å². The average molecular weight is 365 g/mol. The lowest BCUT2D eigenvalue weighted by atomic mass is 9.86. The van der Waals surface area contributed by atoms with Crippen LogP contribution < -0.4 is 10.9 Å². The van der Waals surface area contributed by atoms with Crippen molar-refractivity contribution in [3.63, 3.8) is 0 Å². The van der Waals surface area contributed by atoms with E-state index in [1.165, 1.54) is 11.8 Å². The van der Waals surface area contributed by atoms with E-state index in [0.717, 1.165) is 30.4 Å². The van der Waals surface area contributed by atoms with Gasteiger partial charge in [-0.05, 0) is 30.2 Å². The molecular weight excluding hydrogens is 348 g/mol. The summed E-state index contributed by atoms with van der Waals surface area (Å²) in [6.45, 7) is 2.01. The lowest BCUT2D eigenvalue weighted by Crippen LogP contribution is -2.33. The number of rotatable bonds is 4. The van der Waals surface area contributed by atoms with Gasteiger partial charge in [-0.1, -0.05) is 18.7 Å². The first kappa shape index (κ1) is 17.6. The normalized spacial score (nSPS) is 16.5. The number of carbonyl (C=O) groups excluding carboxylic acids is 1. The van der Waals surface area contributed by atoms with Gasteiger partial charge in [-0.15, -0.1) is 0 Å². The highest BCUT2D eigenvalue weighted by Gasteiger charge is 2.33. The number of amides is 1. The Morgan fingerprint density at radius 2 is 2.12 bits per heavy atom. The molecule has 1 atom stereocenters. The molecule has 5 nitrogen and oxygen atoms in total. The highest BCUT2D eigenvalue weighted by molar-refractivity contribution is 7.99. The van der Waals surface area contributed by atoms with Crippen LogP contribution in [0.25, 0.3) is 0 Å². The van der Waals surface area contributed by atoms with Crippen LogP contribution in [-0.4, -0.2) is 21.2 Å². The van der Waals surface area contributed by atoms with Gasteiger partial charge in [0, 0.05) is 25.1 Å². The van der Waals surface area contributed by atoms with Gasteiger partial charge in [0.15, 0.2) is 5.16 Å². The van der Waals surface area contributed by atoms with E-state index >= 15 is 0 Å². The quantitative estimate of drug-likeness (QED) is 0.668. The van der Waals surface area contributed by atoms with E-state index in [-0.39, 0.29) is 23.5 Å². The fourth-order valence-electron chi connectivity index (χ4n) is 2.91. The largest absolute Gasteiger partial charge is 0.312 e. The molecule has 0 aliphatic carbocycles. The molecule has 1 aliphatic rings. The average Bonchev–Trinajstić information content (AvgIpc) is 2.58. The van der Waals surface area contributed by atoms with Crippen molar-refractivity contribution in [1.29, 1.82) is 0 Å². The van der Waals surface area contributed by atoms with E-state index < -0.39 is 23.1 Å². The smallest absolute Gasteiger partial charge is 0.279 e. The van der Waals surface area contributed by atoms with Gasteiger partial charge in [0.2, 0.25) is 5.91 Å². The Labute approximate surface area is 147 Å². The zero-order chi connectivity index (χ0) is 18.1. The van der Waals surface area contributed by atoms with E-state index in [1.807, 2.05) is 6.92 Å². The van der Waals surface area contributed by atoms with E-state index in [4.69, 9.17) is 0 Å². The number of halogens is 2. The molecule has 2 heterocycles. The van der Waals surface area contributed by atoms with Crippen LogP contribution >= 0.6 is 11.8 Å². The molecule has 0 radical (unpaired) electrons. The molecule has 0 fully saturated rings. The van der Waals surface area contributed by atoms with E-state index in [2.05, 4.69) is 10.3 Å². The second kappa shape index (κ2) is 6.95. The molecule has 1 N–H and O–H groups in total. The van der Waals surface area contributed by atoms with Gasteiger partial charge in [0.1, 0.15) is 17.5 Å². The Bertz CT molecular complexity index is 898. The Morgan fingerprint density at radius 1 is 1.36 bits per heavy atom. The summed E-state index contributed by atoms with van der Waals surface area (Å²) in [6.07, 6.45) is 0.771. The van der Waals surface area contributed by atoms with E-state index in [9.17, 15) is 18.4 Å². The number of nitrogens with one attached hydrogen (secondary N) is 1. The van der Waals surface area contributed by atoms with Crippen molar-refractivity contribution in [3.05, 3.63) is 51.3 Å². The Morgan fingerprint density at radius 3 is 2.84 bits per heavy atom. The third-order valence-corrected chi connectivity index (χ3v) is 5.31. The minimum atomic E-state index is -0.865. The van der Waals surface area contributed by atoms with Gasteiger partial charge >= 0.3 is 0 Å². The van der Waals surface area contributed by atoms with Gasteiger partial charge in [-0.2, -0.15) is 4.98 Å². The summed E-state index contributed by atoms with van der Waals surface area (Å²) in [6, 6.07) is 3.03. The Balaban J connectivity index is 2.18. The van der Waals surface area contributed by atoms with Crippen LogP contribution in [-0.2, 0) is 11.8 Å². The Hall–Kier alpha value is -2.22. The summed E-state index contributed by atoms with van der Waals surface area (Å²) < 4.78 is 29.4. The molecule has 3 rings (SSSR count). The highest BCUT2D eigenvalue weighted by atomic mass is 32.2. The summed E-state index contributed by atoms with van der Waals surface area (Å²) in [5.41, 5.74) is -0.350. The van der Waals surface area contributed by atoms with E-state index in [0.29, 0.717) is 11.0 Å². The molecule has 2 aromatic rings. The molecular formula is C17H17F2N3O2S. The SMILES string of the molecule is CCCSc1nc(=O)c2c(n1C)NC(=O)CC2c1cc(F)ccc1F. The molecule has 1 unspecified atom stereocenters. The number of nitrogens with zero attached hydrogens (tertiary/aromatic N) is 2. The second-order valence-corrected chi connectivity index (χ2v) is 6.90. The Kier molecular flexibility index (Phi) is 4.89. The van der Waals surface area contributed by atoms with Crippen LogP contribution in [0.2, 0.25) is 0 Å². The maximum absolute atomic E-state index is 14.2. The van der Waals surface area contributed by atoms with Crippen LogP contribution in [0.15, 0.2) is 28.2 Å².